The number of amides is 1. The number of para-hydroxylation sites is 1. The Labute approximate surface area is 156 Å². The summed E-state index contributed by atoms with van der Waals surface area (Å²) in [5.74, 6) is -0.119. The summed E-state index contributed by atoms with van der Waals surface area (Å²) in [4.78, 5) is 13.7. The molecule has 5 nitrogen and oxygen atoms in total. The van der Waals surface area contributed by atoms with Crippen LogP contribution < -0.4 is 15.4 Å². The third-order valence-corrected chi connectivity index (χ3v) is 4.69. The zero-order valence-electron chi connectivity index (χ0n) is 14.2. The summed E-state index contributed by atoms with van der Waals surface area (Å²) in [7, 11) is 0. The lowest BCUT2D eigenvalue weighted by atomic mass is 9.96. The molecule has 3 rings (SSSR count). The van der Waals surface area contributed by atoms with Crippen LogP contribution >= 0.6 is 12.4 Å². The molecule has 2 heterocycles. The predicted molar refractivity (Wildman–Crippen MR) is 93.7 cm³/mol. The molecule has 1 saturated heterocycles. The van der Waals surface area contributed by atoms with Crippen LogP contribution in [0.5, 0.6) is 5.75 Å². The summed E-state index contributed by atoms with van der Waals surface area (Å²) in [5, 5.41) is 5.52. The van der Waals surface area contributed by atoms with Gasteiger partial charge in [-0.05, 0) is 18.1 Å². The quantitative estimate of drug-likeness (QED) is 0.816. The first-order valence-corrected chi connectivity index (χ1v) is 8.45. The number of alkyl halides is 3. The lowest BCUT2D eigenvalue weighted by Gasteiger charge is -2.36. The van der Waals surface area contributed by atoms with Crippen LogP contribution in [0.15, 0.2) is 24.3 Å². The van der Waals surface area contributed by atoms with Crippen LogP contribution in [0, 0.1) is 5.92 Å². The van der Waals surface area contributed by atoms with Gasteiger partial charge < -0.3 is 15.4 Å². The van der Waals surface area contributed by atoms with Crippen LogP contribution in [0.25, 0.3) is 0 Å². The number of carbonyl (C=O) groups is 1. The van der Waals surface area contributed by atoms with Crippen molar-refractivity contribution in [3.8, 4) is 5.75 Å². The second-order valence-electron chi connectivity index (χ2n) is 6.41. The topological polar surface area (TPSA) is 53.6 Å². The van der Waals surface area contributed by atoms with Gasteiger partial charge in [0.05, 0.1) is 5.92 Å². The largest absolute Gasteiger partial charge is 0.492 e. The van der Waals surface area contributed by atoms with E-state index in [4.69, 9.17) is 4.74 Å². The fraction of sp³-hybridized carbons (Fsp3) is 0.588. The molecule has 2 atom stereocenters. The van der Waals surface area contributed by atoms with Crippen LogP contribution in [0.2, 0.25) is 0 Å². The van der Waals surface area contributed by atoms with Crippen molar-refractivity contribution in [2.75, 3.05) is 39.3 Å². The number of halogens is 4. The van der Waals surface area contributed by atoms with E-state index in [-0.39, 0.29) is 24.9 Å². The van der Waals surface area contributed by atoms with E-state index >= 15 is 0 Å². The maximum atomic E-state index is 13.4. The predicted octanol–water partition coefficient (Wildman–Crippen LogP) is 1.61. The van der Waals surface area contributed by atoms with Crippen molar-refractivity contribution in [1.29, 1.82) is 0 Å². The van der Waals surface area contributed by atoms with Crippen molar-refractivity contribution >= 4 is 18.3 Å². The zero-order valence-corrected chi connectivity index (χ0v) is 15.0. The molecule has 1 aromatic rings. The Hall–Kier alpha value is -1.51. The van der Waals surface area contributed by atoms with Gasteiger partial charge in [-0.25, -0.2) is 0 Å². The highest BCUT2D eigenvalue weighted by Gasteiger charge is 2.44. The van der Waals surface area contributed by atoms with Gasteiger partial charge in [0.25, 0.3) is 0 Å². The molecule has 1 amide bonds. The first-order chi connectivity index (χ1) is 11.9. The Morgan fingerprint density at radius 2 is 2.00 bits per heavy atom. The van der Waals surface area contributed by atoms with E-state index in [2.05, 4.69) is 10.6 Å². The number of nitrogens with one attached hydrogen (secondary N) is 2. The lowest BCUT2D eigenvalue weighted by molar-refractivity contribution is -0.184. The summed E-state index contributed by atoms with van der Waals surface area (Å²) in [6, 6.07) is 5.74. The van der Waals surface area contributed by atoms with Crippen molar-refractivity contribution in [3.63, 3.8) is 0 Å². The van der Waals surface area contributed by atoms with Crippen molar-refractivity contribution in [2.45, 2.75) is 18.6 Å². The number of rotatable bonds is 4. The minimum atomic E-state index is -4.37. The van der Waals surface area contributed by atoms with Gasteiger partial charge in [0.15, 0.2) is 0 Å². The minimum absolute atomic E-state index is 0. The Kier molecular flexibility index (Phi) is 7.14. The van der Waals surface area contributed by atoms with E-state index in [0.717, 1.165) is 11.3 Å². The highest BCUT2D eigenvalue weighted by molar-refractivity contribution is 5.85. The molecule has 2 unspecified atom stereocenters. The second kappa shape index (κ2) is 8.92. The molecule has 1 fully saturated rings. The number of benzene rings is 1. The van der Waals surface area contributed by atoms with Gasteiger partial charge in [0, 0.05) is 32.7 Å². The van der Waals surface area contributed by atoms with Gasteiger partial charge in [-0.15, -0.1) is 12.4 Å². The monoisotopic (exact) mass is 393 g/mol. The highest BCUT2D eigenvalue weighted by atomic mass is 35.5. The fourth-order valence-corrected chi connectivity index (χ4v) is 3.28. The summed E-state index contributed by atoms with van der Waals surface area (Å²) in [6.45, 7) is 1.44. The zero-order chi connectivity index (χ0) is 17.9. The molecular weight excluding hydrogens is 371 g/mol. The smallest absolute Gasteiger partial charge is 0.405 e. The van der Waals surface area contributed by atoms with Gasteiger partial charge in [0.1, 0.15) is 18.4 Å². The van der Waals surface area contributed by atoms with Crippen LogP contribution in [-0.4, -0.2) is 62.4 Å². The molecule has 0 bridgehead atoms. The number of carbonyl (C=O) groups excluding carboxylic acids is 1. The van der Waals surface area contributed by atoms with Gasteiger partial charge in [-0.3, -0.25) is 9.69 Å². The Morgan fingerprint density at radius 3 is 2.69 bits per heavy atom. The number of nitrogens with zero attached hydrogens (tertiary/aromatic N) is 1. The van der Waals surface area contributed by atoms with Crippen molar-refractivity contribution in [2.24, 2.45) is 5.92 Å². The SMILES string of the molecule is Cl.O=C(NCC(N1CCNCC1)C(F)(F)F)C1COc2ccccc2C1. The van der Waals surface area contributed by atoms with Crippen LogP contribution in [0.1, 0.15) is 5.56 Å². The lowest BCUT2D eigenvalue weighted by Crippen LogP contribution is -2.58. The summed E-state index contributed by atoms with van der Waals surface area (Å²) < 4.78 is 45.6. The van der Waals surface area contributed by atoms with E-state index in [1.807, 2.05) is 24.3 Å². The Morgan fingerprint density at radius 1 is 1.31 bits per heavy atom. The van der Waals surface area contributed by atoms with Crippen LogP contribution in [0.4, 0.5) is 13.2 Å². The molecule has 0 saturated carbocycles. The molecule has 0 aromatic heterocycles. The van der Waals surface area contributed by atoms with Crippen molar-refractivity contribution in [3.05, 3.63) is 29.8 Å². The number of piperazine rings is 1. The Bertz CT molecular complexity index is 609. The molecule has 2 N–H and O–H groups in total. The molecule has 1 aromatic carbocycles. The first-order valence-electron chi connectivity index (χ1n) is 8.45. The minimum Gasteiger partial charge on any atom is -0.492 e. The highest BCUT2D eigenvalue weighted by Crippen LogP contribution is 2.28. The molecule has 0 radical (unpaired) electrons. The third kappa shape index (κ3) is 5.02. The molecule has 26 heavy (non-hydrogen) atoms. The normalized spacial score (nSPS) is 21.7. The van der Waals surface area contributed by atoms with E-state index in [1.54, 1.807) is 0 Å². The number of hydrogen-bond acceptors (Lipinski definition) is 4. The van der Waals surface area contributed by atoms with Gasteiger partial charge in [-0.2, -0.15) is 13.2 Å². The van der Waals surface area contributed by atoms with Crippen LogP contribution in [0.3, 0.4) is 0 Å². The first kappa shape index (κ1) is 20.8. The third-order valence-electron chi connectivity index (χ3n) is 4.69. The molecule has 0 aliphatic carbocycles. The van der Waals surface area contributed by atoms with Crippen molar-refractivity contribution in [1.82, 2.24) is 15.5 Å². The number of ether oxygens (including phenoxy) is 1. The number of fused-ring (bicyclic) bond motifs is 1. The average molecular weight is 394 g/mol. The maximum Gasteiger partial charge on any atom is 0.405 e. The number of hydrogen-bond donors (Lipinski definition) is 2. The van der Waals surface area contributed by atoms with Gasteiger partial charge >= 0.3 is 6.18 Å². The van der Waals surface area contributed by atoms with Gasteiger partial charge in [-0.1, -0.05) is 18.2 Å². The molecular formula is C17H23ClF3N3O2. The summed E-state index contributed by atoms with van der Waals surface area (Å²) in [5.41, 5.74) is 0.906. The second-order valence-corrected chi connectivity index (χ2v) is 6.41. The average Bonchev–Trinajstić information content (AvgIpc) is 2.61. The molecule has 0 spiro atoms. The molecule has 146 valence electrons. The summed E-state index contributed by atoms with van der Waals surface area (Å²) in [6.07, 6.45) is -3.90. The van der Waals surface area contributed by atoms with Gasteiger partial charge in [0.2, 0.25) is 5.91 Å². The van der Waals surface area contributed by atoms with E-state index in [9.17, 15) is 18.0 Å². The maximum absolute atomic E-state index is 13.4. The van der Waals surface area contributed by atoms with E-state index in [1.165, 1.54) is 4.90 Å². The van der Waals surface area contributed by atoms with Crippen molar-refractivity contribution < 1.29 is 22.7 Å². The standard InChI is InChI=1S/C17H22F3N3O2.ClH/c18-17(19,20)15(23-7-5-21-6-8-23)10-22-16(24)13-9-12-3-1-2-4-14(12)25-11-13;/h1-4,13,15,21H,5-11H2,(H,22,24);1H. The molecule has 2 aliphatic rings. The molecule has 9 heteroatoms. The Balaban J connectivity index is 0.00000243. The van der Waals surface area contributed by atoms with Crippen LogP contribution in [-0.2, 0) is 11.2 Å². The fourth-order valence-electron chi connectivity index (χ4n) is 3.28. The summed E-state index contributed by atoms with van der Waals surface area (Å²) >= 11 is 0. The van der Waals surface area contributed by atoms with E-state index in [0.29, 0.717) is 32.6 Å². The van der Waals surface area contributed by atoms with E-state index < -0.39 is 24.7 Å². The molecule has 2 aliphatic heterocycles.